The Bertz CT molecular complexity index is 481. The van der Waals surface area contributed by atoms with Crippen LogP contribution in [-0.2, 0) is 17.8 Å². The first-order chi connectivity index (χ1) is 8.66. The number of ether oxygens (including phenoxy) is 1. The second kappa shape index (κ2) is 4.37. The van der Waals surface area contributed by atoms with E-state index in [1.54, 1.807) is 0 Å². The first-order valence-corrected chi connectivity index (χ1v) is 6.35. The summed E-state index contributed by atoms with van der Waals surface area (Å²) in [6.07, 6.45) is 0. The van der Waals surface area contributed by atoms with Crippen molar-refractivity contribution in [1.29, 1.82) is 0 Å². The quantitative estimate of drug-likeness (QED) is 0.838. The summed E-state index contributed by atoms with van der Waals surface area (Å²) >= 11 is 0. The van der Waals surface area contributed by atoms with Crippen molar-refractivity contribution in [1.82, 2.24) is 10.6 Å². The summed E-state index contributed by atoms with van der Waals surface area (Å²) in [6, 6.07) is 5.93. The average molecular weight is 246 g/mol. The first-order valence-electron chi connectivity index (χ1n) is 6.35. The van der Waals surface area contributed by atoms with Crippen molar-refractivity contribution >= 4 is 5.91 Å². The van der Waals surface area contributed by atoms with Crippen molar-refractivity contribution in [3.05, 3.63) is 34.9 Å². The molecular formula is C14H18N2O2. The minimum atomic E-state index is 0.0119. The highest BCUT2D eigenvalue weighted by molar-refractivity contribution is 5.94. The Morgan fingerprint density at radius 3 is 2.89 bits per heavy atom. The standard InChI is InChI=1S/C14H18N2O2/c1-14(8-18-9-14)7-16-13(17)10-2-3-11-5-15-6-12(11)4-10/h2-4,15H,5-9H2,1H3,(H,16,17). The number of carbonyl (C=O) groups is 1. The van der Waals surface area contributed by atoms with Crippen LogP contribution in [0.3, 0.4) is 0 Å². The van der Waals surface area contributed by atoms with Crippen LogP contribution in [0, 0.1) is 5.41 Å². The maximum atomic E-state index is 12.1. The van der Waals surface area contributed by atoms with Crippen molar-refractivity contribution in [2.45, 2.75) is 20.0 Å². The Balaban J connectivity index is 1.65. The van der Waals surface area contributed by atoms with Gasteiger partial charge in [-0.3, -0.25) is 4.79 Å². The van der Waals surface area contributed by atoms with E-state index in [1.807, 2.05) is 18.2 Å². The van der Waals surface area contributed by atoms with E-state index in [9.17, 15) is 4.79 Å². The summed E-state index contributed by atoms with van der Waals surface area (Å²) in [4.78, 5) is 12.1. The molecule has 18 heavy (non-hydrogen) atoms. The van der Waals surface area contributed by atoms with E-state index in [0.29, 0.717) is 6.54 Å². The first kappa shape index (κ1) is 11.7. The van der Waals surface area contributed by atoms with Gasteiger partial charge in [-0.15, -0.1) is 0 Å². The van der Waals surface area contributed by atoms with Crippen LogP contribution < -0.4 is 10.6 Å². The highest BCUT2D eigenvalue weighted by Crippen LogP contribution is 2.25. The molecule has 3 rings (SSSR count). The van der Waals surface area contributed by atoms with Gasteiger partial charge in [0.2, 0.25) is 0 Å². The minimum Gasteiger partial charge on any atom is -0.380 e. The molecule has 0 aliphatic carbocycles. The van der Waals surface area contributed by atoms with Crippen LogP contribution in [0.5, 0.6) is 0 Å². The fourth-order valence-corrected chi connectivity index (χ4v) is 2.38. The van der Waals surface area contributed by atoms with Gasteiger partial charge in [0.15, 0.2) is 0 Å². The molecule has 1 aromatic rings. The number of hydrogen-bond acceptors (Lipinski definition) is 3. The van der Waals surface area contributed by atoms with Gasteiger partial charge in [0.25, 0.3) is 5.91 Å². The lowest BCUT2D eigenvalue weighted by atomic mass is 9.88. The molecule has 1 saturated heterocycles. The minimum absolute atomic E-state index is 0.0119. The molecule has 0 atom stereocenters. The predicted molar refractivity (Wildman–Crippen MR) is 68.2 cm³/mol. The monoisotopic (exact) mass is 246 g/mol. The third kappa shape index (κ3) is 2.13. The zero-order chi connectivity index (χ0) is 12.6. The Morgan fingerprint density at radius 1 is 1.39 bits per heavy atom. The molecule has 2 aliphatic heterocycles. The molecule has 2 heterocycles. The molecule has 1 aromatic carbocycles. The number of nitrogens with one attached hydrogen (secondary N) is 2. The molecule has 1 fully saturated rings. The summed E-state index contributed by atoms with van der Waals surface area (Å²) < 4.78 is 5.18. The van der Waals surface area contributed by atoms with Gasteiger partial charge in [0, 0.05) is 30.6 Å². The second-order valence-corrected chi connectivity index (χ2v) is 5.57. The molecule has 96 valence electrons. The highest BCUT2D eigenvalue weighted by Gasteiger charge is 2.33. The lowest BCUT2D eigenvalue weighted by molar-refractivity contribution is -0.0978. The fourth-order valence-electron chi connectivity index (χ4n) is 2.38. The molecular weight excluding hydrogens is 228 g/mol. The number of amides is 1. The fraction of sp³-hybridized carbons (Fsp3) is 0.500. The molecule has 0 spiro atoms. The van der Waals surface area contributed by atoms with Gasteiger partial charge in [-0.2, -0.15) is 0 Å². The molecule has 4 heteroatoms. The number of benzene rings is 1. The zero-order valence-corrected chi connectivity index (χ0v) is 10.6. The third-order valence-corrected chi connectivity index (χ3v) is 3.68. The van der Waals surface area contributed by atoms with Gasteiger partial charge in [0.1, 0.15) is 0 Å². The number of fused-ring (bicyclic) bond motifs is 1. The molecule has 2 N–H and O–H groups in total. The Morgan fingerprint density at radius 2 is 2.17 bits per heavy atom. The largest absolute Gasteiger partial charge is 0.380 e. The molecule has 2 aliphatic rings. The number of hydrogen-bond donors (Lipinski definition) is 2. The Labute approximate surface area is 107 Å². The molecule has 4 nitrogen and oxygen atoms in total. The van der Waals surface area contributed by atoms with Crippen LogP contribution in [0.25, 0.3) is 0 Å². The molecule has 0 unspecified atom stereocenters. The zero-order valence-electron chi connectivity index (χ0n) is 10.6. The maximum Gasteiger partial charge on any atom is 0.251 e. The summed E-state index contributed by atoms with van der Waals surface area (Å²) in [5, 5.41) is 6.27. The summed E-state index contributed by atoms with van der Waals surface area (Å²) in [6.45, 7) is 6.06. The summed E-state index contributed by atoms with van der Waals surface area (Å²) in [7, 11) is 0. The van der Waals surface area contributed by atoms with E-state index in [-0.39, 0.29) is 11.3 Å². The molecule has 1 amide bonds. The maximum absolute atomic E-state index is 12.1. The van der Waals surface area contributed by atoms with Crippen molar-refractivity contribution < 1.29 is 9.53 Å². The summed E-state index contributed by atoms with van der Waals surface area (Å²) in [5.74, 6) is 0.0119. The van der Waals surface area contributed by atoms with E-state index >= 15 is 0 Å². The van der Waals surface area contributed by atoms with E-state index in [0.717, 1.165) is 31.9 Å². The van der Waals surface area contributed by atoms with Crippen LogP contribution in [0.4, 0.5) is 0 Å². The van der Waals surface area contributed by atoms with Gasteiger partial charge in [0.05, 0.1) is 13.2 Å². The molecule has 0 bridgehead atoms. The van der Waals surface area contributed by atoms with Gasteiger partial charge >= 0.3 is 0 Å². The summed E-state index contributed by atoms with van der Waals surface area (Å²) in [5.41, 5.74) is 3.40. The number of rotatable bonds is 3. The van der Waals surface area contributed by atoms with Crippen LogP contribution in [-0.4, -0.2) is 25.7 Å². The van der Waals surface area contributed by atoms with Crippen LogP contribution >= 0.6 is 0 Å². The van der Waals surface area contributed by atoms with Gasteiger partial charge in [-0.25, -0.2) is 0 Å². The van der Waals surface area contributed by atoms with E-state index in [2.05, 4.69) is 17.6 Å². The highest BCUT2D eigenvalue weighted by atomic mass is 16.5. The normalized spacial score (nSPS) is 20.1. The van der Waals surface area contributed by atoms with Crippen molar-refractivity contribution in [3.8, 4) is 0 Å². The Hall–Kier alpha value is -1.39. The van der Waals surface area contributed by atoms with E-state index in [1.165, 1.54) is 11.1 Å². The second-order valence-electron chi connectivity index (χ2n) is 5.57. The third-order valence-electron chi connectivity index (χ3n) is 3.68. The van der Waals surface area contributed by atoms with Crippen LogP contribution in [0.15, 0.2) is 18.2 Å². The van der Waals surface area contributed by atoms with Gasteiger partial charge < -0.3 is 15.4 Å². The lowest BCUT2D eigenvalue weighted by Gasteiger charge is -2.38. The average Bonchev–Trinajstić information content (AvgIpc) is 2.80. The predicted octanol–water partition coefficient (Wildman–Crippen LogP) is 1.06. The van der Waals surface area contributed by atoms with Gasteiger partial charge in [-0.1, -0.05) is 13.0 Å². The van der Waals surface area contributed by atoms with Crippen molar-refractivity contribution in [2.24, 2.45) is 5.41 Å². The molecule has 0 saturated carbocycles. The van der Waals surface area contributed by atoms with Crippen LogP contribution in [0.1, 0.15) is 28.4 Å². The van der Waals surface area contributed by atoms with Crippen LogP contribution in [0.2, 0.25) is 0 Å². The van der Waals surface area contributed by atoms with Crippen molar-refractivity contribution in [3.63, 3.8) is 0 Å². The van der Waals surface area contributed by atoms with E-state index in [4.69, 9.17) is 4.74 Å². The van der Waals surface area contributed by atoms with Gasteiger partial charge in [-0.05, 0) is 23.3 Å². The topological polar surface area (TPSA) is 50.4 Å². The van der Waals surface area contributed by atoms with Crippen molar-refractivity contribution in [2.75, 3.05) is 19.8 Å². The molecule has 0 radical (unpaired) electrons. The Kier molecular flexibility index (Phi) is 2.84. The SMILES string of the molecule is CC1(CNC(=O)c2ccc3c(c2)CNC3)COC1. The smallest absolute Gasteiger partial charge is 0.251 e. The van der Waals surface area contributed by atoms with E-state index < -0.39 is 0 Å². The molecule has 0 aromatic heterocycles. The lowest BCUT2D eigenvalue weighted by Crippen LogP contribution is -2.48. The number of carbonyl (C=O) groups excluding carboxylic acids is 1.